The van der Waals surface area contributed by atoms with Gasteiger partial charge in [0.05, 0.1) is 7.11 Å². The average molecular weight is 791 g/mol. The number of ether oxygens (including phenoxy) is 1. The van der Waals surface area contributed by atoms with Gasteiger partial charge in [0.2, 0.25) is 11.8 Å². The minimum absolute atomic E-state index is 0.0815. The number of unbranched alkanes of at least 4 members (excludes halogenated alkanes) is 1. The van der Waals surface area contributed by atoms with E-state index in [2.05, 4.69) is 67.2 Å². The standard InChI is InChI=1S/C48H62N4O6/c1-31(17-18-39-33(3)28-43(56-9)36(6)35(39)5)15-12-16-32(2)27-45(54)52-26-14-24-50-22-11-10-21-49-23-13-25-51-44(53)20-19-40-38(8)57-48-37(7)47-41(30-42(40)48)34(4)29-46(55)58-47/h12,15-20,27-30,49-50H,10-11,13-14,21-26H2,1-9H3,(H,51,53)(H,52,54)/b16-12+,18-17+,20-19+,31-15+,32-27+. The topological polar surface area (TPSA) is 135 Å². The van der Waals surface area contributed by atoms with Crippen LogP contribution in [0.1, 0.15) is 84.2 Å². The molecule has 0 atom stereocenters. The third-order valence-electron chi connectivity index (χ3n) is 10.3. The van der Waals surface area contributed by atoms with Crippen molar-refractivity contribution >= 4 is 45.9 Å². The van der Waals surface area contributed by atoms with E-state index in [4.69, 9.17) is 13.6 Å². The van der Waals surface area contributed by atoms with Crippen molar-refractivity contribution in [3.05, 3.63) is 121 Å². The van der Waals surface area contributed by atoms with Crippen LogP contribution in [-0.4, -0.2) is 58.2 Å². The number of benzene rings is 2. The number of nitrogens with one attached hydrogen (secondary N) is 4. The van der Waals surface area contributed by atoms with Gasteiger partial charge in [-0.1, -0.05) is 36.0 Å². The molecule has 0 saturated carbocycles. The number of hydrogen-bond donors (Lipinski definition) is 4. The van der Waals surface area contributed by atoms with Crippen LogP contribution in [0.3, 0.4) is 0 Å². The molecule has 0 radical (unpaired) electrons. The molecule has 310 valence electrons. The van der Waals surface area contributed by atoms with Crippen molar-refractivity contribution in [1.29, 1.82) is 0 Å². The Balaban J connectivity index is 1.02. The Kier molecular flexibility index (Phi) is 17.5. The van der Waals surface area contributed by atoms with Crippen LogP contribution >= 0.6 is 0 Å². The Labute approximate surface area is 343 Å². The number of aryl methyl sites for hydroxylation is 4. The van der Waals surface area contributed by atoms with Gasteiger partial charge in [-0.05, 0) is 159 Å². The number of fused-ring (bicyclic) bond motifs is 2. The van der Waals surface area contributed by atoms with E-state index in [1.807, 2.05) is 52.0 Å². The van der Waals surface area contributed by atoms with Crippen molar-refractivity contribution in [2.45, 2.75) is 81.1 Å². The van der Waals surface area contributed by atoms with Crippen molar-refractivity contribution in [3.8, 4) is 5.75 Å². The van der Waals surface area contributed by atoms with Gasteiger partial charge in [0, 0.05) is 53.2 Å². The molecule has 10 heteroatoms. The van der Waals surface area contributed by atoms with Crippen LogP contribution in [0.4, 0.5) is 0 Å². The fraction of sp³-hybridized carbons (Fsp3) is 0.396. The largest absolute Gasteiger partial charge is 0.496 e. The molecular weight excluding hydrogens is 729 g/mol. The van der Waals surface area contributed by atoms with E-state index in [1.165, 1.54) is 28.8 Å². The van der Waals surface area contributed by atoms with E-state index < -0.39 is 0 Å². The van der Waals surface area contributed by atoms with Crippen molar-refractivity contribution in [3.63, 3.8) is 0 Å². The van der Waals surface area contributed by atoms with Gasteiger partial charge >= 0.3 is 5.63 Å². The summed E-state index contributed by atoms with van der Waals surface area (Å²) < 4.78 is 17.0. The third-order valence-corrected chi connectivity index (χ3v) is 10.3. The van der Waals surface area contributed by atoms with Crippen molar-refractivity contribution < 1.29 is 23.2 Å². The Bertz CT molecular complexity index is 2280. The van der Waals surface area contributed by atoms with Gasteiger partial charge in [0.25, 0.3) is 0 Å². The summed E-state index contributed by atoms with van der Waals surface area (Å²) in [5.74, 6) is 1.37. The highest BCUT2D eigenvalue weighted by molar-refractivity contribution is 6.03. The highest BCUT2D eigenvalue weighted by Gasteiger charge is 2.17. The Morgan fingerprint density at radius 3 is 1.93 bits per heavy atom. The zero-order valence-electron chi connectivity index (χ0n) is 35.9. The van der Waals surface area contributed by atoms with Crippen LogP contribution in [0.5, 0.6) is 5.75 Å². The van der Waals surface area contributed by atoms with Crippen LogP contribution in [0.15, 0.2) is 79.4 Å². The van der Waals surface area contributed by atoms with Crippen LogP contribution < -0.4 is 31.6 Å². The summed E-state index contributed by atoms with van der Waals surface area (Å²) in [6.07, 6.45) is 19.0. The number of carbonyl (C=O) groups excluding carboxylic acids is 2. The number of amides is 2. The zero-order chi connectivity index (χ0) is 42.2. The molecule has 0 unspecified atom stereocenters. The second-order valence-electron chi connectivity index (χ2n) is 15.0. The second-order valence-corrected chi connectivity index (χ2v) is 15.0. The fourth-order valence-electron chi connectivity index (χ4n) is 6.81. The van der Waals surface area contributed by atoms with Crippen LogP contribution in [-0.2, 0) is 9.59 Å². The predicted octanol–water partition coefficient (Wildman–Crippen LogP) is 8.55. The molecule has 0 aliphatic rings. The molecule has 0 saturated heterocycles. The number of hydrogen-bond acceptors (Lipinski definition) is 8. The first kappa shape index (κ1) is 45.3. The van der Waals surface area contributed by atoms with Crippen molar-refractivity contribution in [1.82, 2.24) is 21.3 Å². The fourth-order valence-corrected chi connectivity index (χ4v) is 6.81. The highest BCUT2D eigenvalue weighted by atomic mass is 16.5. The molecule has 2 amide bonds. The van der Waals surface area contributed by atoms with Gasteiger partial charge in [0.15, 0.2) is 0 Å². The van der Waals surface area contributed by atoms with E-state index in [9.17, 15) is 14.4 Å². The molecule has 0 aliphatic heterocycles. The molecule has 2 heterocycles. The molecular formula is C48H62N4O6. The number of allylic oxidation sites excluding steroid dienone is 6. The first-order valence-corrected chi connectivity index (χ1v) is 20.3. The number of methoxy groups -OCH3 is 1. The second kappa shape index (κ2) is 22.5. The predicted molar refractivity (Wildman–Crippen MR) is 239 cm³/mol. The molecule has 4 aromatic rings. The van der Waals surface area contributed by atoms with Gasteiger partial charge in [-0.25, -0.2) is 4.79 Å². The summed E-state index contributed by atoms with van der Waals surface area (Å²) in [6.45, 7) is 20.6. The maximum Gasteiger partial charge on any atom is 0.336 e. The molecule has 4 rings (SSSR count). The van der Waals surface area contributed by atoms with Crippen LogP contribution in [0.2, 0.25) is 0 Å². The van der Waals surface area contributed by atoms with Crippen LogP contribution in [0, 0.1) is 41.5 Å². The van der Waals surface area contributed by atoms with Gasteiger partial charge in [-0.3, -0.25) is 9.59 Å². The Morgan fingerprint density at radius 2 is 1.26 bits per heavy atom. The summed E-state index contributed by atoms with van der Waals surface area (Å²) in [5, 5.41) is 14.5. The normalized spacial score (nSPS) is 12.6. The summed E-state index contributed by atoms with van der Waals surface area (Å²) in [7, 11) is 1.71. The summed E-state index contributed by atoms with van der Waals surface area (Å²) in [4.78, 5) is 36.8. The molecule has 10 nitrogen and oxygen atoms in total. The lowest BCUT2D eigenvalue weighted by molar-refractivity contribution is -0.117. The molecule has 2 aromatic heterocycles. The summed E-state index contributed by atoms with van der Waals surface area (Å²) in [5.41, 5.74) is 10.0. The lowest BCUT2D eigenvalue weighted by Crippen LogP contribution is -2.27. The highest BCUT2D eigenvalue weighted by Crippen LogP contribution is 2.35. The molecule has 4 N–H and O–H groups in total. The van der Waals surface area contributed by atoms with E-state index in [1.54, 1.807) is 19.3 Å². The Morgan fingerprint density at radius 1 is 0.638 bits per heavy atom. The quantitative estimate of drug-likeness (QED) is 0.0286. The van der Waals surface area contributed by atoms with Gasteiger partial charge in [-0.15, -0.1) is 0 Å². The average Bonchev–Trinajstić information content (AvgIpc) is 3.50. The molecule has 2 aromatic carbocycles. The lowest BCUT2D eigenvalue weighted by Gasteiger charge is -2.13. The first-order valence-electron chi connectivity index (χ1n) is 20.3. The van der Waals surface area contributed by atoms with E-state index in [0.29, 0.717) is 30.0 Å². The van der Waals surface area contributed by atoms with Gasteiger partial charge in [0.1, 0.15) is 22.7 Å². The van der Waals surface area contributed by atoms with Crippen molar-refractivity contribution in [2.24, 2.45) is 0 Å². The Hall–Kier alpha value is -5.45. The monoisotopic (exact) mass is 790 g/mol. The minimum atomic E-state index is -0.387. The van der Waals surface area contributed by atoms with E-state index in [0.717, 1.165) is 102 Å². The molecule has 0 spiro atoms. The van der Waals surface area contributed by atoms with Crippen molar-refractivity contribution in [2.75, 3.05) is 46.4 Å². The number of rotatable bonds is 21. The lowest BCUT2D eigenvalue weighted by atomic mass is 9.96. The smallest absolute Gasteiger partial charge is 0.336 e. The maximum absolute atomic E-state index is 12.5. The maximum atomic E-state index is 12.5. The SMILES string of the molecule is COc1cc(C)c(/C=C/C(C)=C/C=C/C(C)=C/C(=O)NCCCNCCCCNCCCNC(=O)/C=C/c2c(C)oc3c(C)c4oc(=O)cc(C)c4cc23)c(C)c1C. The molecule has 58 heavy (non-hydrogen) atoms. The minimum Gasteiger partial charge on any atom is -0.496 e. The van der Waals surface area contributed by atoms with E-state index >= 15 is 0 Å². The van der Waals surface area contributed by atoms with Gasteiger partial charge in [-0.2, -0.15) is 0 Å². The third kappa shape index (κ3) is 13.0. The number of carbonyl (C=O) groups is 2. The molecule has 0 aliphatic carbocycles. The van der Waals surface area contributed by atoms with Crippen LogP contribution in [0.25, 0.3) is 34.1 Å². The van der Waals surface area contributed by atoms with E-state index in [-0.39, 0.29) is 17.4 Å². The molecule has 0 fully saturated rings. The van der Waals surface area contributed by atoms with Gasteiger partial charge < -0.3 is 34.8 Å². The number of furan rings is 1. The molecule has 0 bridgehead atoms. The summed E-state index contributed by atoms with van der Waals surface area (Å²) in [6, 6.07) is 5.52. The first-order chi connectivity index (χ1) is 27.8. The summed E-state index contributed by atoms with van der Waals surface area (Å²) >= 11 is 0. The zero-order valence-corrected chi connectivity index (χ0v) is 35.9.